The Kier molecular flexibility index (Phi) is 6.94. The summed E-state index contributed by atoms with van der Waals surface area (Å²) in [6.45, 7) is 13.0. The van der Waals surface area contributed by atoms with E-state index in [0.29, 0.717) is 0 Å². The van der Waals surface area contributed by atoms with Crippen molar-refractivity contribution in [3.63, 3.8) is 0 Å². The molecule has 0 unspecified atom stereocenters. The predicted molar refractivity (Wildman–Crippen MR) is 94.8 cm³/mol. The molecule has 0 aliphatic rings. The van der Waals surface area contributed by atoms with Gasteiger partial charge in [-0.25, -0.2) is 4.98 Å². The lowest BCUT2D eigenvalue weighted by atomic mass is 10.2. The highest BCUT2D eigenvalue weighted by Crippen LogP contribution is 2.36. The van der Waals surface area contributed by atoms with Crippen molar-refractivity contribution < 1.29 is 9.16 Å². The minimum atomic E-state index is -1.59. The van der Waals surface area contributed by atoms with Crippen molar-refractivity contribution in [2.24, 2.45) is 0 Å². The second-order valence-corrected chi connectivity index (χ2v) is 12.4. The van der Waals surface area contributed by atoms with Gasteiger partial charge in [0.05, 0.1) is 12.8 Å². The van der Waals surface area contributed by atoms with Gasteiger partial charge in [0, 0.05) is 6.61 Å². The average molecular weight is 407 g/mol. The molecule has 0 saturated carbocycles. The molecule has 0 spiro atoms. The molecule has 0 saturated heterocycles. The van der Waals surface area contributed by atoms with E-state index in [0.717, 1.165) is 35.5 Å². The monoisotopic (exact) mass is 407 g/mol. The Morgan fingerprint density at radius 2 is 1.80 bits per heavy atom. The normalized spacial score (nSPS) is 12.5. The minimum Gasteiger partial charge on any atom is -0.492 e. The molecule has 1 rings (SSSR count). The number of aromatic nitrogens is 1. The highest BCUT2D eigenvalue weighted by molar-refractivity contribution is 14.1. The standard InChI is InChI=1S/C15H26INO2Si/c1-15(2,3)20(4,5)19-11-7-6-10-18-13-8-9-14(16)17-12-13/h8-9,12H,6-7,10-11H2,1-5H3. The van der Waals surface area contributed by atoms with Crippen LogP contribution < -0.4 is 4.74 Å². The van der Waals surface area contributed by atoms with Crippen LogP contribution in [0.15, 0.2) is 18.3 Å². The fourth-order valence-electron chi connectivity index (χ4n) is 1.39. The van der Waals surface area contributed by atoms with Gasteiger partial charge in [-0.15, -0.1) is 0 Å². The first kappa shape index (κ1) is 17.9. The molecule has 0 fully saturated rings. The van der Waals surface area contributed by atoms with Crippen LogP contribution in [0.2, 0.25) is 18.1 Å². The van der Waals surface area contributed by atoms with Crippen molar-refractivity contribution in [3.05, 3.63) is 22.0 Å². The molecule has 0 aromatic carbocycles. The summed E-state index contributed by atoms with van der Waals surface area (Å²) in [5.41, 5.74) is 0. The maximum absolute atomic E-state index is 6.13. The quantitative estimate of drug-likeness (QED) is 0.280. The van der Waals surface area contributed by atoms with Crippen molar-refractivity contribution in [3.8, 4) is 5.75 Å². The number of pyridine rings is 1. The summed E-state index contributed by atoms with van der Waals surface area (Å²) in [6, 6.07) is 3.91. The molecule has 0 radical (unpaired) electrons. The molecule has 5 heteroatoms. The van der Waals surface area contributed by atoms with Gasteiger partial charge >= 0.3 is 0 Å². The Morgan fingerprint density at radius 3 is 2.35 bits per heavy atom. The van der Waals surface area contributed by atoms with Crippen molar-refractivity contribution in [1.82, 2.24) is 4.98 Å². The summed E-state index contributed by atoms with van der Waals surface area (Å²) in [5.74, 6) is 0.843. The molecule has 0 N–H and O–H groups in total. The van der Waals surface area contributed by atoms with Crippen LogP contribution in [-0.4, -0.2) is 26.5 Å². The van der Waals surface area contributed by atoms with Crippen LogP contribution in [-0.2, 0) is 4.43 Å². The SMILES string of the molecule is CC(C)(C)[Si](C)(C)OCCCCOc1ccc(I)nc1. The van der Waals surface area contributed by atoms with Gasteiger partial charge in [0.25, 0.3) is 0 Å². The lowest BCUT2D eigenvalue weighted by Gasteiger charge is -2.36. The summed E-state index contributed by atoms with van der Waals surface area (Å²) < 4.78 is 12.8. The highest BCUT2D eigenvalue weighted by atomic mass is 127. The first-order chi connectivity index (χ1) is 9.22. The maximum Gasteiger partial charge on any atom is 0.191 e. The largest absolute Gasteiger partial charge is 0.492 e. The van der Waals surface area contributed by atoms with Gasteiger partial charge in [-0.05, 0) is 65.7 Å². The zero-order chi connectivity index (χ0) is 15.2. The zero-order valence-electron chi connectivity index (χ0n) is 13.2. The molecule has 20 heavy (non-hydrogen) atoms. The number of hydrogen-bond donors (Lipinski definition) is 0. The lowest BCUT2D eigenvalue weighted by molar-refractivity contribution is 0.251. The van der Waals surface area contributed by atoms with E-state index in [1.165, 1.54) is 0 Å². The molecular formula is C15H26INO2Si. The van der Waals surface area contributed by atoms with Gasteiger partial charge in [0.15, 0.2) is 8.32 Å². The van der Waals surface area contributed by atoms with Crippen LogP contribution in [0.25, 0.3) is 0 Å². The van der Waals surface area contributed by atoms with Gasteiger partial charge in [-0.2, -0.15) is 0 Å². The molecule has 3 nitrogen and oxygen atoms in total. The van der Waals surface area contributed by atoms with E-state index in [-0.39, 0.29) is 5.04 Å². The van der Waals surface area contributed by atoms with Crippen molar-refractivity contribution in [2.75, 3.05) is 13.2 Å². The Labute approximate surface area is 137 Å². The molecule has 114 valence electrons. The minimum absolute atomic E-state index is 0.288. The molecule has 1 aromatic rings. The molecule has 1 aromatic heterocycles. The van der Waals surface area contributed by atoms with Crippen LogP contribution in [0.5, 0.6) is 5.75 Å². The number of hydrogen-bond acceptors (Lipinski definition) is 3. The predicted octanol–water partition coefficient (Wildman–Crippen LogP) is 4.87. The maximum atomic E-state index is 6.13. The molecule has 0 bridgehead atoms. The number of unbranched alkanes of at least 4 members (excludes halogenated alkanes) is 1. The fraction of sp³-hybridized carbons (Fsp3) is 0.667. The highest BCUT2D eigenvalue weighted by Gasteiger charge is 2.36. The third-order valence-electron chi connectivity index (χ3n) is 3.78. The Morgan fingerprint density at radius 1 is 1.15 bits per heavy atom. The fourth-order valence-corrected chi connectivity index (χ4v) is 2.79. The van der Waals surface area contributed by atoms with E-state index >= 15 is 0 Å². The van der Waals surface area contributed by atoms with Gasteiger partial charge < -0.3 is 9.16 Å². The van der Waals surface area contributed by atoms with Gasteiger partial charge in [-0.1, -0.05) is 20.8 Å². The van der Waals surface area contributed by atoms with Crippen molar-refractivity contribution in [1.29, 1.82) is 0 Å². The molecule has 1 heterocycles. The first-order valence-electron chi connectivity index (χ1n) is 7.11. The van der Waals surface area contributed by atoms with Crippen LogP contribution in [0.1, 0.15) is 33.6 Å². The van der Waals surface area contributed by atoms with E-state index in [2.05, 4.69) is 61.4 Å². The van der Waals surface area contributed by atoms with Gasteiger partial charge in [0.1, 0.15) is 9.45 Å². The first-order valence-corrected chi connectivity index (χ1v) is 11.1. The summed E-state index contributed by atoms with van der Waals surface area (Å²) in [6.07, 6.45) is 3.83. The van der Waals surface area contributed by atoms with E-state index in [4.69, 9.17) is 9.16 Å². The third kappa shape index (κ3) is 6.09. The average Bonchev–Trinajstić information content (AvgIpc) is 2.34. The molecule has 0 atom stereocenters. The zero-order valence-corrected chi connectivity index (χ0v) is 16.4. The number of nitrogens with zero attached hydrogens (tertiary/aromatic N) is 1. The summed E-state index contributed by atoms with van der Waals surface area (Å²) in [7, 11) is -1.59. The third-order valence-corrected chi connectivity index (χ3v) is 8.95. The Balaban J connectivity index is 2.15. The van der Waals surface area contributed by atoms with Crippen LogP contribution >= 0.6 is 22.6 Å². The lowest BCUT2D eigenvalue weighted by Crippen LogP contribution is -2.41. The molecule has 0 amide bonds. The Hall–Kier alpha value is -0.143. The summed E-state index contributed by atoms with van der Waals surface area (Å²) >= 11 is 2.19. The number of ether oxygens (including phenoxy) is 1. The number of halogens is 1. The Bertz CT molecular complexity index is 401. The van der Waals surface area contributed by atoms with E-state index in [9.17, 15) is 0 Å². The van der Waals surface area contributed by atoms with Crippen molar-refractivity contribution >= 4 is 30.9 Å². The van der Waals surface area contributed by atoms with Crippen LogP contribution in [0.3, 0.4) is 0 Å². The smallest absolute Gasteiger partial charge is 0.191 e. The van der Waals surface area contributed by atoms with E-state index in [1.54, 1.807) is 6.20 Å². The van der Waals surface area contributed by atoms with Crippen molar-refractivity contribution in [2.45, 2.75) is 51.7 Å². The second kappa shape index (κ2) is 7.75. The molecular weight excluding hydrogens is 381 g/mol. The van der Waals surface area contributed by atoms with Crippen LogP contribution in [0.4, 0.5) is 0 Å². The molecule has 0 aliphatic carbocycles. The van der Waals surface area contributed by atoms with Gasteiger partial charge in [-0.3, -0.25) is 0 Å². The van der Waals surface area contributed by atoms with Gasteiger partial charge in [0.2, 0.25) is 0 Å². The second-order valence-electron chi connectivity index (χ2n) is 6.48. The number of rotatable bonds is 7. The molecule has 0 aliphatic heterocycles. The summed E-state index contributed by atoms with van der Waals surface area (Å²) in [4.78, 5) is 4.20. The van der Waals surface area contributed by atoms with E-state index in [1.807, 2.05) is 12.1 Å². The summed E-state index contributed by atoms with van der Waals surface area (Å²) in [5, 5.41) is 0.288. The topological polar surface area (TPSA) is 31.4 Å². The van der Waals surface area contributed by atoms with Crippen LogP contribution in [0, 0.1) is 3.70 Å². The van der Waals surface area contributed by atoms with E-state index < -0.39 is 8.32 Å².